The first-order valence-electron chi connectivity index (χ1n) is 13.6. The van der Waals surface area contributed by atoms with Crippen LogP contribution in [0.4, 0.5) is 0 Å². The summed E-state index contributed by atoms with van der Waals surface area (Å²) in [4.78, 5) is 34.3. The zero-order chi connectivity index (χ0) is 27.2. The van der Waals surface area contributed by atoms with Crippen LogP contribution >= 0.6 is 11.3 Å². The van der Waals surface area contributed by atoms with Gasteiger partial charge >= 0.3 is 0 Å². The molecule has 38 heavy (non-hydrogen) atoms. The molecular weight excluding hydrogens is 494 g/mol. The van der Waals surface area contributed by atoms with Gasteiger partial charge < -0.3 is 10.0 Å². The third-order valence-corrected chi connectivity index (χ3v) is 8.74. The van der Waals surface area contributed by atoms with Crippen molar-refractivity contribution in [1.29, 1.82) is 0 Å². The van der Waals surface area contributed by atoms with Gasteiger partial charge in [-0.25, -0.2) is 4.98 Å². The molecule has 1 saturated heterocycles. The largest absolute Gasteiger partial charge is 0.391 e. The molecule has 1 fully saturated rings. The number of rotatable bonds is 11. The fourth-order valence-electron chi connectivity index (χ4n) is 5.20. The predicted molar refractivity (Wildman–Crippen MR) is 153 cm³/mol. The second-order valence-electron chi connectivity index (χ2n) is 10.5. The molecular formula is C31H39N3O3S. The number of thiazole rings is 1. The van der Waals surface area contributed by atoms with E-state index in [2.05, 4.69) is 55.3 Å². The van der Waals surface area contributed by atoms with Crippen molar-refractivity contribution in [3.63, 3.8) is 0 Å². The summed E-state index contributed by atoms with van der Waals surface area (Å²) in [6.45, 7) is 8.40. The lowest BCUT2D eigenvalue weighted by Gasteiger charge is -2.33. The Labute approximate surface area is 230 Å². The van der Waals surface area contributed by atoms with Crippen LogP contribution in [0.2, 0.25) is 0 Å². The highest BCUT2D eigenvalue weighted by Gasteiger charge is 2.41. The van der Waals surface area contributed by atoms with Gasteiger partial charge in [-0.3, -0.25) is 14.9 Å². The third-order valence-electron chi connectivity index (χ3n) is 7.76. The second kappa shape index (κ2) is 12.8. The standard InChI is InChI=1S/C31H39N3O3S/c1-5-20(2)29(33-21(3)24-9-7-6-8-10-24)31(37)34-18-26(35)17-27(34)28(36)16-13-23-11-14-25(15-12-23)30-22(4)32-19-38-30/h6-12,14-15,19-21,26-27,29,33,35H,5,13,16-18H2,1-4H3/t20-,21?,26+,27-,29-/m0/s1. The van der Waals surface area contributed by atoms with Crippen molar-refractivity contribution in [2.75, 3.05) is 6.54 Å². The zero-order valence-corrected chi connectivity index (χ0v) is 23.6. The molecule has 1 unspecified atom stereocenters. The van der Waals surface area contributed by atoms with Crippen LogP contribution in [0.15, 0.2) is 60.1 Å². The Hall–Kier alpha value is -2.87. The van der Waals surface area contributed by atoms with Gasteiger partial charge in [-0.1, -0.05) is 74.9 Å². The summed E-state index contributed by atoms with van der Waals surface area (Å²) in [7, 11) is 0. The Bertz CT molecular complexity index is 1210. The molecule has 1 amide bonds. The lowest BCUT2D eigenvalue weighted by molar-refractivity contribution is -0.140. The molecule has 0 aliphatic carbocycles. The number of carbonyl (C=O) groups excluding carboxylic acids is 2. The summed E-state index contributed by atoms with van der Waals surface area (Å²) in [6.07, 6.45) is 1.39. The van der Waals surface area contributed by atoms with E-state index in [0.29, 0.717) is 19.3 Å². The van der Waals surface area contributed by atoms with Crippen LogP contribution in [0, 0.1) is 12.8 Å². The van der Waals surface area contributed by atoms with E-state index in [4.69, 9.17) is 0 Å². The fourth-order valence-corrected chi connectivity index (χ4v) is 6.01. The Balaban J connectivity index is 1.42. The molecule has 5 atom stereocenters. The first-order valence-corrected chi connectivity index (χ1v) is 14.5. The molecule has 0 bridgehead atoms. The van der Waals surface area contributed by atoms with E-state index in [1.165, 1.54) is 0 Å². The second-order valence-corrected chi connectivity index (χ2v) is 11.3. The molecule has 1 aromatic heterocycles. The van der Waals surface area contributed by atoms with E-state index >= 15 is 0 Å². The van der Waals surface area contributed by atoms with E-state index in [9.17, 15) is 14.7 Å². The number of aliphatic hydroxyl groups is 1. The van der Waals surface area contributed by atoms with Crippen LogP contribution in [-0.4, -0.2) is 51.4 Å². The molecule has 0 spiro atoms. The van der Waals surface area contributed by atoms with Gasteiger partial charge in [0.2, 0.25) is 5.91 Å². The number of ketones is 1. The summed E-state index contributed by atoms with van der Waals surface area (Å²) in [6, 6.07) is 17.3. The Morgan fingerprint density at radius 3 is 2.47 bits per heavy atom. The number of amides is 1. The third kappa shape index (κ3) is 6.57. The topological polar surface area (TPSA) is 82.5 Å². The van der Waals surface area contributed by atoms with Crippen LogP contribution in [0.5, 0.6) is 0 Å². The van der Waals surface area contributed by atoms with Crippen LogP contribution in [0.3, 0.4) is 0 Å². The monoisotopic (exact) mass is 533 g/mol. The number of nitrogens with one attached hydrogen (secondary N) is 1. The average molecular weight is 534 g/mol. The first-order chi connectivity index (χ1) is 18.3. The van der Waals surface area contributed by atoms with E-state index in [0.717, 1.165) is 33.7 Å². The number of likely N-dealkylation sites (tertiary alicyclic amines) is 1. The van der Waals surface area contributed by atoms with Gasteiger partial charge in [0.05, 0.1) is 34.3 Å². The van der Waals surface area contributed by atoms with Crippen LogP contribution in [-0.2, 0) is 16.0 Å². The molecule has 1 aliphatic rings. The van der Waals surface area contributed by atoms with Crippen molar-refractivity contribution in [3.8, 4) is 10.4 Å². The fraction of sp³-hybridized carbons (Fsp3) is 0.452. The van der Waals surface area contributed by atoms with Gasteiger partial charge in [-0.2, -0.15) is 0 Å². The quantitative estimate of drug-likeness (QED) is 0.347. The van der Waals surface area contributed by atoms with E-state index in [1.54, 1.807) is 16.2 Å². The Kier molecular flexibility index (Phi) is 9.47. The minimum atomic E-state index is -0.682. The molecule has 2 N–H and O–H groups in total. The number of aliphatic hydroxyl groups excluding tert-OH is 1. The van der Waals surface area contributed by atoms with Crippen molar-refractivity contribution < 1.29 is 14.7 Å². The SMILES string of the molecule is CC[C@H](C)[C@H](NC(C)c1ccccc1)C(=O)N1C[C@H](O)C[C@H]1C(=O)CCc1ccc(-c2scnc2C)cc1. The minimum absolute atomic E-state index is 0.0105. The Morgan fingerprint density at radius 2 is 1.84 bits per heavy atom. The molecule has 2 aromatic carbocycles. The summed E-state index contributed by atoms with van der Waals surface area (Å²) in [5.74, 6) is 0.000419. The Morgan fingerprint density at radius 1 is 1.13 bits per heavy atom. The molecule has 3 aromatic rings. The van der Waals surface area contributed by atoms with E-state index in [-0.39, 0.29) is 30.2 Å². The summed E-state index contributed by atoms with van der Waals surface area (Å²) < 4.78 is 0. The molecule has 0 saturated carbocycles. The summed E-state index contributed by atoms with van der Waals surface area (Å²) >= 11 is 1.62. The van der Waals surface area contributed by atoms with Crippen molar-refractivity contribution in [3.05, 3.63) is 76.9 Å². The van der Waals surface area contributed by atoms with Crippen molar-refractivity contribution >= 4 is 23.0 Å². The lowest BCUT2D eigenvalue weighted by Crippen LogP contribution is -2.53. The number of nitrogens with zero attached hydrogens (tertiary/aromatic N) is 2. The molecule has 7 heteroatoms. The van der Waals surface area contributed by atoms with Crippen molar-refractivity contribution in [1.82, 2.24) is 15.2 Å². The maximum atomic E-state index is 13.8. The van der Waals surface area contributed by atoms with Crippen molar-refractivity contribution in [2.45, 2.75) is 77.6 Å². The number of hydrogen-bond acceptors (Lipinski definition) is 6. The maximum absolute atomic E-state index is 13.8. The number of benzene rings is 2. The molecule has 0 radical (unpaired) electrons. The highest BCUT2D eigenvalue weighted by atomic mass is 32.1. The average Bonchev–Trinajstić information content (AvgIpc) is 3.55. The van der Waals surface area contributed by atoms with E-state index < -0.39 is 18.2 Å². The van der Waals surface area contributed by atoms with Gasteiger partial charge in [0.25, 0.3) is 0 Å². The van der Waals surface area contributed by atoms with Gasteiger partial charge in [-0.05, 0) is 42.9 Å². The molecule has 2 heterocycles. The predicted octanol–water partition coefficient (Wildman–Crippen LogP) is 5.35. The summed E-state index contributed by atoms with van der Waals surface area (Å²) in [5.41, 5.74) is 6.19. The number of Topliss-reactive ketones (excluding diaryl/α,β-unsaturated/α-hetero) is 1. The maximum Gasteiger partial charge on any atom is 0.240 e. The number of carbonyl (C=O) groups is 2. The smallest absolute Gasteiger partial charge is 0.240 e. The van der Waals surface area contributed by atoms with Gasteiger partial charge in [0.15, 0.2) is 5.78 Å². The van der Waals surface area contributed by atoms with Crippen LogP contribution in [0.1, 0.15) is 62.9 Å². The highest BCUT2D eigenvalue weighted by molar-refractivity contribution is 7.13. The van der Waals surface area contributed by atoms with Gasteiger partial charge in [0, 0.05) is 25.4 Å². The van der Waals surface area contributed by atoms with Gasteiger partial charge in [-0.15, -0.1) is 11.3 Å². The number of β-amino-alcohol motifs (C(OH)–C–C–N with tert-alkyl or cyclic N) is 1. The highest BCUT2D eigenvalue weighted by Crippen LogP contribution is 2.28. The van der Waals surface area contributed by atoms with Crippen LogP contribution in [0.25, 0.3) is 10.4 Å². The zero-order valence-electron chi connectivity index (χ0n) is 22.8. The number of aryl methyl sites for hydroxylation is 2. The van der Waals surface area contributed by atoms with Crippen molar-refractivity contribution in [2.24, 2.45) is 5.92 Å². The molecule has 6 nitrogen and oxygen atoms in total. The number of aromatic nitrogens is 1. The summed E-state index contributed by atoms with van der Waals surface area (Å²) in [5, 5.41) is 14.0. The first kappa shape index (κ1) is 28.1. The normalized spacial score (nSPS) is 19.8. The van der Waals surface area contributed by atoms with Gasteiger partial charge in [0.1, 0.15) is 0 Å². The van der Waals surface area contributed by atoms with E-state index in [1.807, 2.05) is 42.8 Å². The number of hydrogen-bond donors (Lipinski definition) is 2. The minimum Gasteiger partial charge on any atom is -0.391 e. The molecule has 4 rings (SSSR count). The van der Waals surface area contributed by atoms with Crippen LogP contribution < -0.4 is 5.32 Å². The lowest BCUT2D eigenvalue weighted by atomic mass is 9.94. The molecule has 202 valence electrons. The molecule has 1 aliphatic heterocycles.